The lowest BCUT2D eigenvalue weighted by molar-refractivity contribution is -0.141. The van der Waals surface area contributed by atoms with Gasteiger partial charge in [0.15, 0.2) is 0 Å². The van der Waals surface area contributed by atoms with Gasteiger partial charge in [-0.15, -0.1) is 0 Å². The molecule has 2 fully saturated rings. The molecule has 2 amide bonds. The molecule has 20 heavy (non-hydrogen) atoms. The number of aliphatic carboxylic acids is 1. The molecule has 0 unspecified atom stereocenters. The zero-order valence-corrected chi connectivity index (χ0v) is 12.2. The first-order valence-corrected chi connectivity index (χ1v) is 7.38. The molecule has 2 rings (SSSR count). The number of β-amino-alcohol motifs (C(OH)–C–C–N with tert-alkyl or cyclic N) is 1. The maximum atomic E-state index is 12.6. The standard InChI is InChI=1S/C14H24N2O4/c1-9(2)5-6-15(10-3-4-10)14(20)16-8-11(17)7-12(16)13(18)19/h9-12,17H,3-8H2,1-2H3,(H,18,19)/t11-,12-/m0/s1. The van der Waals surface area contributed by atoms with Gasteiger partial charge in [0.05, 0.1) is 6.10 Å². The molecule has 114 valence electrons. The summed E-state index contributed by atoms with van der Waals surface area (Å²) in [5.41, 5.74) is 0. The van der Waals surface area contributed by atoms with Gasteiger partial charge in [0, 0.05) is 25.6 Å². The maximum absolute atomic E-state index is 12.6. The Hall–Kier alpha value is -1.30. The number of amides is 2. The summed E-state index contributed by atoms with van der Waals surface area (Å²) in [7, 11) is 0. The van der Waals surface area contributed by atoms with Crippen molar-refractivity contribution >= 4 is 12.0 Å². The highest BCUT2D eigenvalue weighted by Gasteiger charge is 2.43. The quantitative estimate of drug-likeness (QED) is 0.793. The van der Waals surface area contributed by atoms with Crippen LogP contribution in [0.1, 0.15) is 39.5 Å². The molecule has 1 aliphatic heterocycles. The third-order valence-electron chi connectivity index (χ3n) is 3.99. The molecule has 0 bridgehead atoms. The monoisotopic (exact) mass is 284 g/mol. The summed E-state index contributed by atoms with van der Waals surface area (Å²) >= 11 is 0. The van der Waals surface area contributed by atoms with Crippen molar-refractivity contribution in [2.75, 3.05) is 13.1 Å². The molecule has 6 heteroatoms. The highest BCUT2D eigenvalue weighted by Crippen LogP contribution is 2.30. The predicted octanol–water partition coefficient (Wildman–Crippen LogP) is 1.14. The van der Waals surface area contributed by atoms with Crippen LogP contribution in [-0.4, -0.2) is 63.3 Å². The van der Waals surface area contributed by atoms with Crippen LogP contribution in [0.4, 0.5) is 4.79 Å². The first kappa shape index (κ1) is 15.1. The van der Waals surface area contributed by atoms with Gasteiger partial charge in [-0.1, -0.05) is 13.8 Å². The van der Waals surface area contributed by atoms with Crippen LogP contribution in [0.25, 0.3) is 0 Å². The fraction of sp³-hybridized carbons (Fsp3) is 0.857. The number of nitrogens with zero attached hydrogens (tertiary/aromatic N) is 2. The van der Waals surface area contributed by atoms with Gasteiger partial charge in [-0.05, 0) is 25.2 Å². The van der Waals surface area contributed by atoms with E-state index in [0.29, 0.717) is 12.5 Å². The molecule has 6 nitrogen and oxygen atoms in total. The molecule has 2 atom stereocenters. The fourth-order valence-electron chi connectivity index (χ4n) is 2.64. The third kappa shape index (κ3) is 3.42. The summed E-state index contributed by atoms with van der Waals surface area (Å²) in [5, 5.41) is 18.8. The molecule has 0 spiro atoms. The molecule has 1 saturated carbocycles. The maximum Gasteiger partial charge on any atom is 0.326 e. The van der Waals surface area contributed by atoms with Crippen LogP contribution < -0.4 is 0 Å². The van der Waals surface area contributed by atoms with Crippen LogP contribution in [0.2, 0.25) is 0 Å². The number of hydrogen-bond acceptors (Lipinski definition) is 3. The smallest absolute Gasteiger partial charge is 0.326 e. The van der Waals surface area contributed by atoms with E-state index in [0.717, 1.165) is 19.3 Å². The van der Waals surface area contributed by atoms with E-state index in [-0.39, 0.29) is 25.0 Å². The molecule has 0 aromatic rings. The van der Waals surface area contributed by atoms with E-state index in [4.69, 9.17) is 0 Å². The Bertz CT molecular complexity index is 381. The SMILES string of the molecule is CC(C)CCN(C(=O)N1C[C@@H](O)C[C@H]1C(=O)O)C1CC1. The van der Waals surface area contributed by atoms with Gasteiger partial charge in [0.1, 0.15) is 6.04 Å². The molecule has 0 aromatic carbocycles. The van der Waals surface area contributed by atoms with Crippen LogP contribution in [0.15, 0.2) is 0 Å². The number of carbonyl (C=O) groups excluding carboxylic acids is 1. The predicted molar refractivity (Wildman–Crippen MR) is 73.3 cm³/mol. The van der Waals surface area contributed by atoms with E-state index in [1.165, 1.54) is 4.90 Å². The number of aliphatic hydroxyl groups excluding tert-OH is 1. The van der Waals surface area contributed by atoms with Crippen LogP contribution in [0.3, 0.4) is 0 Å². The zero-order valence-electron chi connectivity index (χ0n) is 12.2. The second-order valence-corrected chi connectivity index (χ2v) is 6.29. The van der Waals surface area contributed by atoms with Gasteiger partial charge in [-0.3, -0.25) is 0 Å². The summed E-state index contributed by atoms with van der Waals surface area (Å²) in [6.07, 6.45) is 2.31. The molecule has 0 radical (unpaired) electrons. The molecule has 1 aliphatic carbocycles. The minimum atomic E-state index is -1.03. The highest BCUT2D eigenvalue weighted by molar-refractivity contribution is 5.83. The normalized spacial score (nSPS) is 26.1. The number of likely N-dealkylation sites (tertiary alicyclic amines) is 1. The van der Waals surface area contributed by atoms with Gasteiger partial charge in [0.2, 0.25) is 0 Å². The summed E-state index contributed by atoms with van der Waals surface area (Å²) in [6, 6.07) is -0.858. The second-order valence-electron chi connectivity index (χ2n) is 6.29. The molecule has 1 heterocycles. The molecule has 2 N–H and O–H groups in total. The Balaban J connectivity index is 2.04. The number of rotatable bonds is 5. The van der Waals surface area contributed by atoms with Gasteiger partial charge >= 0.3 is 12.0 Å². The fourth-order valence-corrected chi connectivity index (χ4v) is 2.64. The van der Waals surface area contributed by atoms with Gasteiger partial charge in [-0.25, -0.2) is 9.59 Å². The summed E-state index contributed by atoms with van der Waals surface area (Å²) in [4.78, 5) is 26.9. The van der Waals surface area contributed by atoms with Crippen LogP contribution in [0.5, 0.6) is 0 Å². The minimum Gasteiger partial charge on any atom is -0.480 e. The Morgan fingerprint density at radius 3 is 2.50 bits per heavy atom. The zero-order chi connectivity index (χ0) is 14.9. The van der Waals surface area contributed by atoms with E-state index in [2.05, 4.69) is 13.8 Å². The minimum absolute atomic E-state index is 0.126. The van der Waals surface area contributed by atoms with Gasteiger partial charge in [0.25, 0.3) is 0 Å². The van der Waals surface area contributed by atoms with Crippen molar-refractivity contribution in [3.63, 3.8) is 0 Å². The Labute approximate surface area is 119 Å². The van der Waals surface area contributed by atoms with Crippen molar-refractivity contribution in [3.05, 3.63) is 0 Å². The van der Waals surface area contributed by atoms with Crippen molar-refractivity contribution in [1.29, 1.82) is 0 Å². The molecule has 0 aromatic heterocycles. The Morgan fingerprint density at radius 2 is 2.00 bits per heavy atom. The number of aliphatic hydroxyl groups is 1. The van der Waals surface area contributed by atoms with Crippen LogP contribution >= 0.6 is 0 Å². The van der Waals surface area contributed by atoms with E-state index >= 15 is 0 Å². The van der Waals surface area contributed by atoms with E-state index in [9.17, 15) is 19.8 Å². The van der Waals surface area contributed by atoms with E-state index in [1.54, 1.807) is 4.90 Å². The molecular formula is C14H24N2O4. The Kier molecular flexibility index (Phi) is 4.52. The van der Waals surface area contributed by atoms with Crippen molar-refractivity contribution in [2.24, 2.45) is 5.92 Å². The van der Waals surface area contributed by atoms with Gasteiger partial charge < -0.3 is 20.0 Å². The Morgan fingerprint density at radius 1 is 1.35 bits per heavy atom. The highest BCUT2D eigenvalue weighted by atomic mass is 16.4. The number of urea groups is 1. The average molecular weight is 284 g/mol. The van der Waals surface area contributed by atoms with Crippen molar-refractivity contribution in [2.45, 2.75) is 57.7 Å². The largest absolute Gasteiger partial charge is 0.480 e. The second kappa shape index (κ2) is 5.99. The first-order chi connectivity index (χ1) is 9.40. The van der Waals surface area contributed by atoms with Gasteiger partial charge in [-0.2, -0.15) is 0 Å². The molecule has 1 saturated heterocycles. The van der Waals surface area contributed by atoms with Crippen LogP contribution in [-0.2, 0) is 4.79 Å². The number of carbonyl (C=O) groups is 2. The number of hydrogen-bond donors (Lipinski definition) is 2. The van der Waals surface area contributed by atoms with Crippen molar-refractivity contribution in [1.82, 2.24) is 9.80 Å². The average Bonchev–Trinajstić information content (AvgIpc) is 3.10. The lowest BCUT2D eigenvalue weighted by Crippen LogP contribution is -2.49. The molecular weight excluding hydrogens is 260 g/mol. The van der Waals surface area contributed by atoms with E-state index < -0.39 is 18.1 Å². The van der Waals surface area contributed by atoms with E-state index in [1.807, 2.05) is 0 Å². The summed E-state index contributed by atoms with van der Waals surface area (Å²) in [5.74, 6) is -0.530. The summed E-state index contributed by atoms with van der Waals surface area (Å²) < 4.78 is 0. The van der Waals surface area contributed by atoms with Crippen LogP contribution in [0, 0.1) is 5.92 Å². The lowest BCUT2D eigenvalue weighted by Gasteiger charge is -2.30. The van der Waals surface area contributed by atoms with Crippen molar-refractivity contribution < 1.29 is 19.8 Å². The van der Waals surface area contributed by atoms with Crippen molar-refractivity contribution in [3.8, 4) is 0 Å². The number of carboxylic acids is 1. The topological polar surface area (TPSA) is 81.1 Å². The number of carboxylic acid groups (broad SMARTS) is 1. The first-order valence-electron chi connectivity index (χ1n) is 7.38. The lowest BCUT2D eigenvalue weighted by atomic mass is 10.1. The third-order valence-corrected chi connectivity index (χ3v) is 3.99. The summed E-state index contributed by atoms with van der Waals surface area (Å²) in [6.45, 7) is 5.01. The molecule has 2 aliphatic rings.